The minimum absolute atomic E-state index is 0.0697. The van der Waals surface area contributed by atoms with Crippen LogP contribution in [-0.2, 0) is 5.33 Å². The van der Waals surface area contributed by atoms with Crippen LogP contribution in [0.2, 0.25) is 0 Å². The number of hydrogen-bond acceptors (Lipinski definition) is 1. The summed E-state index contributed by atoms with van der Waals surface area (Å²) in [7, 11) is 0. The molecule has 1 aromatic heterocycles. The van der Waals surface area contributed by atoms with Gasteiger partial charge in [0.2, 0.25) is 0 Å². The molecule has 1 heterocycles. The molecule has 1 aromatic rings. The lowest BCUT2D eigenvalue weighted by atomic mass is 10.3. The van der Waals surface area contributed by atoms with E-state index in [2.05, 4.69) is 36.8 Å². The maximum Gasteiger partial charge on any atom is 0.266 e. The summed E-state index contributed by atoms with van der Waals surface area (Å²) < 4.78 is 24.8. The Kier molecular flexibility index (Phi) is 3.58. The van der Waals surface area contributed by atoms with Crippen molar-refractivity contribution in [3.63, 3.8) is 0 Å². The molecule has 0 fully saturated rings. The van der Waals surface area contributed by atoms with Gasteiger partial charge in [0.05, 0.1) is 11.3 Å². The molecule has 0 aliphatic carbocycles. The van der Waals surface area contributed by atoms with E-state index in [-0.39, 0.29) is 5.56 Å². The highest BCUT2D eigenvalue weighted by atomic mass is 79.9. The Labute approximate surface area is 85.4 Å². The summed E-state index contributed by atoms with van der Waals surface area (Å²) in [5, 5.41) is 0.565. The zero-order valence-corrected chi connectivity index (χ0v) is 9.07. The van der Waals surface area contributed by atoms with Gasteiger partial charge in [0.1, 0.15) is 0 Å². The second-order valence-corrected chi connectivity index (χ2v) is 3.55. The van der Waals surface area contributed by atoms with Crippen LogP contribution >= 0.6 is 31.9 Å². The van der Waals surface area contributed by atoms with Gasteiger partial charge >= 0.3 is 0 Å². The standard InChI is InChI=1S/C7H5Br2F2N/c8-2-4-1-6(9)5(3-12-4)7(10)11/h1,3,7H,2H2. The first-order valence-corrected chi connectivity index (χ1v) is 5.05. The number of hydrogen-bond donors (Lipinski definition) is 0. The molecule has 1 rings (SSSR count). The molecule has 0 atom stereocenters. The molecule has 0 N–H and O–H groups in total. The maximum absolute atomic E-state index is 12.2. The molecule has 0 amide bonds. The van der Waals surface area contributed by atoms with Crippen LogP contribution in [0.25, 0.3) is 0 Å². The van der Waals surface area contributed by atoms with Gasteiger partial charge < -0.3 is 0 Å². The van der Waals surface area contributed by atoms with Crippen LogP contribution in [0.5, 0.6) is 0 Å². The normalized spacial score (nSPS) is 10.8. The number of aromatic nitrogens is 1. The lowest BCUT2D eigenvalue weighted by Crippen LogP contribution is -1.91. The molecule has 0 aromatic carbocycles. The Morgan fingerprint density at radius 2 is 2.17 bits per heavy atom. The zero-order chi connectivity index (χ0) is 9.14. The SMILES string of the molecule is FC(F)c1cnc(CBr)cc1Br. The molecule has 0 saturated heterocycles. The van der Waals surface area contributed by atoms with Crippen molar-refractivity contribution in [2.75, 3.05) is 0 Å². The minimum atomic E-state index is -2.48. The van der Waals surface area contributed by atoms with E-state index in [1.54, 1.807) is 6.07 Å². The second kappa shape index (κ2) is 4.28. The van der Waals surface area contributed by atoms with E-state index in [0.717, 1.165) is 5.69 Å². The van der Waals surface area contributed by atoms with Crippen molar-refractivity contribution in [3.8, 4) is 0 Å². The smallest absolute Gasteiger partial charge is 0.260 e. The summed E-state index contributed by atoms with van der Waals surface area (Å²) in [5.74, 6) is 0. The van der Waals surface area contributed by atoms with Crippen LogP contribution in [0, 0.1) is 0 Å². The van der Waals surface area contributed by atoms with Gasteiger partial charge in [-0.05, 0) is 6.07 Å². The zero-order valence-electron chi connectivity index (χ0n) is 5.90. The first kappa shape index (κ1) is 10.1. The van der Waals surface area contributed by atoms with Gasteiger partial charge in [-0.3, -0.25) is 4.98 Å². The van der Waals surface area contributed by atoms with Crippen LogP contribution in [0.4, 0.5) is 8.78 Å². The molecule has 1 nitrogen and oxygen atoms in total. The van der Waals surface area contributed by atoms with Crippen molar-refractivity contribution in [3.05, 3.63) is 28.0 Å². The molecular weight excluding hydrogens is 296 g/mol. The molecule has 66 valence electrons. The third-order valence-electron chi connectivity index (χ3n) is 1.31. The van der Waals surface area contributed by atoms with E-state index in [1.807, 2.05) is 0 Å². The molecule has 0 aliphatic heterocycles. The Hall–Kier alpha value is -0.0300. The van der Waals surface area contributed by atoms with Gasteiger partial charge in [0, 0.05) is 16.0 Å². The molecular formula is C7H5Br2F2N. The summed E-state index contributed by atoms with van der Waals surface area (Å²) >= 11 is 6.23. The fraction of sp³-hybridized carbons (Fsp3) is 0.286. The van der Waals surface area contributed by atoms with E-state index in [1.165, 1.54) is 6.20 Å². The summed E-state index contributed by atoms with van der Waals surface area (Å²) in [6, 6.07) is 1.58. The maximum atomic E-state index is 12.2. The Balaban J connectivity index is 3.03. The van der Waals surface area contributed by atoms with Crippen LogP contribution in [0.3, 0.4) is 0 Å². The average Bonchev–Trinajstić information content (AvgIpc) is 2.03. The fourth-order valence-electron chi connectivity index (χ4n) is 0.715. The molecule has 0 radical (unpaired) electrons. The van der Waals surface area contributed by atoms with Crippen LogP contribution in [0.15, 0.2) is 16.7 Å². The molecule has 0 unspecified atom stereocenters. The van der Waals surface area contributed by atoms with Crippen molar-refractivity contribution < 1.29 is 8.78 Å². The average molecular weight is 301 g/mol. The van der Waals surface area contributed by atoms with Crippen molar-refractivity contribution in [1.29, 1.82) is 0 Å². The second-order valence-electron chi connectivity index (χ2n) is 2.13. The van der Waals surface area contributed by atoms with Crippen LogP contribution < -0.4 is 0 Å². The molecule has 12 heavy (non-hydrogen) atoms. The molecule has 0 spiro atoms. The quantitative estimate of drug-likeness (QED) is 0.759. The number of alkyl halides is 3. The van der Waals surface area contributed by atoms with Gasteiger partial charge in [0.25, 0.3) is 6.43 Å². The number of rotatable bonds is 2. The lowest BCUT2D eigenvalue weighted by Gasteiger charge is -2.03. The summed E-state index contributed by atoms with van der Waals surface area (Å²) in [6.45, 7) is 0. The molecule has 5 heteroatoms. The van der Waals surface area contributed by atoms with E-state index in [9.17, 15) is 8.78 Å². The number of nitrogens with zero attached hydrogens (tertiary/aromatic N) is 1. The van der Waals surface area contributed by atoms with Gasteiger partial charge in [-0.2, -0.15) is 0 Å². The van der Waals surface area contributed by atoms with Crippen LogP contribution in [0.1, 0.15) is 17.7 Å². The van der Waals surface area contributed by atoms with Gasteiger partial charge in [-0.1, -0.05) is 31.9 Å². The van der Waals surface area contributed by atoms with Crippen molar-refractivity contribution >= 4 is 31.9 Å². The Morgan fingerprint density at radius 1 is 1.50 bits per heavy atom. The van der Waals surface area contributed by atoms with Gasteiger partial charge in [-0.15, -0.1) is 0 Å². The van der Waals surface area contributed by atoms with E-state index in [4.69, 9.17) is 0 Å². The largest absolute Gasteiger partial charge is 0.266 e. The van der Waals surface area contributed by atoms with Crippen molar-refractivity contribution in [2.45, 2.75) is 11.8 Å². The summed E-state index contributed by atoms with van der Waals surface area (Å²) in [4.78, 5) is 3.82. The van der Waals surface area contributed by atoms with E-state index in [0.29, 0.717) is 9.80 Å². The van der Waals surface area contributed by atoms with Crippen molar-refractivity contribution in [2.24, 2.45) is 0 Å². The molecule has 0 aliphatic rings. The van der Waals surface area contributed by atoms with E-state index < -0.39 is 6.43 Å². The topological polar surface area (TPSA) is 12.9 Å². The minimum Gasteiger partial charge on any atom is -0.260 e. The first-order chi connectivity index (χ1) is 5.65. The third-order valence-corrected chi connectivity index (χ3v) is 2.57. The van der Waals surface area contributed by atoms with Gasteiger partial charge in [-0.25, -0.2) is 8.78 Å². The fourth-order valence-corrected chi connectivity index (χ4v) is 1.56. The summed E-state index contributed by atoms with van der Waals surface area (Å²) in [6.07, 6.45) is -1.29. The predicted octanol–water partition coefficient (Wildman–Crippen LogP) is 3.68. The molecule has 0 saturated carbocycles. The Bertz CT molecular complexity index is 278. The predicted molar refractivity (Wildman–Crippen MR) is 49.5 cm³/mol. The number of halogens is 4. The molecule has 0 bridgehead atoms. The first-order valence-electron chi connectivity index (χ1n) is 3.13. The van der Waals surface area contributed by atoms with Gasteiger partial charge in [0.15, 0.2) is 0 Å². The summed E-state index contributed by atoms with van der Waals surface area (Å²) in [5.41, 5.74) is 0.658. The highest BCUT2D eigenvalue weighted by Crippen LogP contribution is 2.27. The van der Waals surface area contributed by atoms with E-state index >= 15 is 0 Å². The van der Waals surface area contributed by atoms with Crippen LogP contribution in [-0.4, -0.2) is 4.98 Å². The Morgan fingerprint density at radius 3 is 2.58 bits per heavy atom. The van der Waals surface area contributed by atoms with Crippen molar-refractivity contribution in [1.82, 2.24) is 4.98 Å². The third kappa shape index (κ3) is 2.23. The lowest BCUT2D eigenvalue weighted by molar-refractivity contribution is 0.150. The monoisotopic (exact) mass is 299 g/mol. The highest BCUT2D eigenvalue weighted by Gasteiger charge is 2.11. The highest BCUT2D eigenvalue weighted by molar-refractivity contribution is 9.10. The number of pyridine rings is 1.